The maximum atomic E-state index is 12.1. The van der Waals surface area contributed by atoms with E-state index in [1.807, 2.05) is 32.4 Å². The molecule has 1 fully saturated rings. The van der Waals surface area contributed by atoms with Gasteiger partial charge in [-0.1, -0.05) is 19.9 Å². The smallest absolute Gasteiger partial charge is 0.236 e. The van der Waals surface area contributed by atoms with Crippen molar-refractivity contribution in [2.45, 2.75) is 38.5 Å². The minimum absolute atomic E-state index is 0.180. The topological polar surface area (TPSA) is 69.5 Å². The van der Waals surface area contributed by atoms with Gasteiger partial charge in [-0.25, -0.2) is 9.50 Å². The first-order valence-corrected chi connectivity index (χ1v) is 11.8. The summed E-state index contributed by atoms with van der Waals surface area (Å²) in [5, 5.41) is 5.56. The van der Waals surface area contributed by atoms with Crippen molar-refractivity contribution in [2.24, 2.45) is 0 Å². The lowest BCUT2D eigenvalue weighted by molar-refractivity contribution is -0.130. The van der Waals surface area contributed by atoms with Crippen molar-refractivity contribution in [2.75, 3.05) is 33.7 Å². The summed E-state index contributed by atoms with van der Waals surface area (Å²) in [5.74, 6) is 1.07. The molecule has 1 aromatic carbocycles. The lowest BCUT2D eigenvalue weighted by atomic mass is 9.87. The van der Waals surface area contributed by atoms with Crippen molar-refractivity contribution in [1.29, 1.82) is 0 Å². The highest BCUT2D eigenvalue weighted by Gasteiger charge is 2.24. The number of aromatic nitrogens is 4. The maximum Gasteiger partial charge on any atom is 0.236 e. The van der Waals surface area contributed by atoms with E-state index in [1.165, 1.54) is 16.5 Å². The number of benzene rings is 1. The number of aromatic amines is 1. The first kappa shape index (κ1) is 21.6. The highest BCUT2D eigenvalue weighted by Crippen LogP contribution is 2.37. The average Bonchev–Trinajstić information content (AvgIpc) is 3.43. The fraction of sp³-hybridized carbons (Fsp3) is 0.423. The molecule has 1 aliphatic rings. The fourth-order valence-electron chi connectivity index (χ4n) is 4.99. The van der Waals surface area contributed by atoms with Crippen LogP contribution >= 0.6 is 0 Å². The number of likely N-dealkylation sites (tertiary alicyclic amines) is 1. The number of hydrogen-bond acceptors (Lipinski definition) is 4. The van der Waals surface area contributed by atoms with Crippen molar-refractivity contribution in [1.82, 2.24) is 29.4 Å². The predicted octanol–water partition coefficient (Wildman–Crippen LogP) is 4.27. The molecule has 7 heteroatoms. The van der Waals surface area contributed by atoms with Crippen molar-refractivity contribution in [3.8, 4) is 11.4 Å². The van der Waals surface area contributed by atoms with Crippen LogP contribution in [-0.4, -0.2) is 69.0 Å². The third kappa shape index (κ3) is 4.13. The molecule has 1 N–H and O–H groups in total. The summed E-state index contributed by atoms with van der Waals surface area (Å²) in [5.41, 5.74) is 6.76. The Morgan fingerprint density at radius 1 is 1.18 bits per heavy atom. The van der Waals surface area contributed by atoms with Gasteiger partial charge in [0.05, 0.1) is 24.1 Å². The Bertz CT molecular complexity index is 1290. The minimum atomic E-state index is 0.180. The van der Waals surface area contributed by atoms with Crippen LogP contribution in [0.3, 0.4) is 0 Å². The summed E-state index contributed by atoms with van der Waals surface area (Å²) in [6, 6.07) is 10.8. The molecule has 1 saturated heterocycles. The van der Waals surface area contributed by atoms with Gasteiger partial charge in [-0.15, -0.1) is 0 Å². The van der Waals surface area contributed by atoms with Crippen LogP contribution in [0.15, 0.2) is 42.7 Å². The number of amides is 1. The van der Waals surface area contributed by atoms with Crippen molar-refractivity contribution in [3.63, 3.8) is 0 Å². The first-order chi connectivity index (χ1) is 15.9. The summed E-state index contributed by atoms with van der Waals surface area (Å²) in [6.07, 6.45) is 5.90. The molecule has 0 atom stereocenters. The minimum Gasteiger partial charge on any atom is -0.353 e. The van der Waals surface area contributed by atoms with Crippen molar-refractivity contribution in [3.05, 3.63) is 53.9 Å². The molecule has 4 aromatic rings. The van der Waals surface area contributed by atoms with E-state index in [4.69, 9.17) is 4.98 Å². The van der Waals surface area contributed by atoms with Crippen LogP contribution in [0.1, 0.15) is 49.7 Å². The van der Waals surface area contributed by atoms with Crippen LogP contribution in [0, 0.1) is 0 Å². The molecule has 1 amide bonds. The standard InChI is InChI=1S/C26H32N6O/c1-17(2)25-20-15-19(18-8-12-31(13-9-18)16-24(33)30(3)4)5-6-21(20)29-26(25)22-10-14-32-23(28-22)7-11-27-32/h5-7,10-11,14-15,17-18,29H,8-9,12-13,16H2,1-4H3. The number of carbonyl (C=O) groups excluding carboxylic acids is 1. The molecule has 3 aromatic heterocycles. The number of piperidine rings is 1. The van der Waals surface area contributed by atoms with E-state index in [2.05, 4.69) is 47.0 Å². The Hall–Kier alpha value is -3.19. The number of nitrogens with one attached hydrogen (secondary N) is 1. The Morgan fingerprint density at radius 2 is 1.97 bits per heavy atom. The molecule has 33 heavy (non-hydrogen) atoms. The summed E-state index contributed by atoms with van der Waals surface area (Å²) in [4.78, 5) is 24.5. The molecular weight excluding hydrogens is 412 g/mol. The van der Waals surface area contributed by atoms with Gasteiger partial charge in [0.1, 0.15) is 0 Å². The molecule has 1 aliphatic heterocycles. The Kier molecular flexibility index (Phi) is 5.66. The molecule has 5 rings (SSSR count). The van der Waals surface area contributed by atoms with Gasteiger partial charge >= 0.3 is 0 Å². The molecule has 0 unspecified atom stereocenters. The number of H-pyrrole nitrogens is 1. The number of likely N-dealkylation sites (N-methyl/N-ethyl adjacent to an activating group) is 1. The zero-order valence-corrected chi connectivity index (χ0v) is 19.9. The van der Waals surface area contributed by atoms with E-state index >= 15 is 0 Å². The first-order valence-electron chi connectivity index (χ1n) is 11.8. The summed E-state index contributed by atoms with van der Waals surface area (Å²) < 4.78 is 1.79. The largest absolute Gasteiger partial charge is 0.353 e. The zero-order valence-electron chi connectivity index (χ0n) is 19.9. The Labute approximate surface area is 194 Å². The predicted molar refractivity (Wildman–Crippen MR) is 131 cm³/mol. The van der Waals surface area contributed by atoms with Gasteiger partial charge in [-0.2, -0.15) is 5.10 Å². The average molecular weight is 445 g/mol. The van der Waals surface area contributed by atoms with Crippen molar-refractivity contribution >= 4 is 22.5 Å². The number of nitrogens with zero attached hydrogens (tertiary/aromatic N) is 5. The highest BCUT2D eigenvalue weighted by molar-refractivity contribution is 5.91. The van der Waals surface area contributed by atoms with Gasteiger partial charge < -0.3 is 9.88 Å². The monoisotopic (exact) mass is 444 g/mol. The van der Waals surface area contributed by atoms with Gasteiger partial charge in [-0.3, -0.25) is 9.69 Å². The third-order valence-electron chi connectivity index (χ3n) is 6.87. The van der Waals surface area contributed by atoms with Crippen LogP contribution in [0.4, 0.5) is 0 Å². The fourth-order valence-corrected chi connectivity index (χ4v) is 4.99. The quantitative estimate of drug-likeness (QED) is 0.499. The van der Waals surface area contributed by atoms with Crippen LogP contribution in [0.25, 0.3) is 27.9 Å². The van der Waals surface area contributed by atoms with Gasteiger partial charge in [-0.05, 0) is 67.1 Å². The maximum absolute atomic E-state index is 12.1. The number of carbonyl (C=O) groups is 1. The lowest BCUT2D eigenvalue weighted by Gasteiger charge is -2.32. The van der Waals surface area contributed by atoms with E-state index in [0.29, 0.717) is 18.4 Å². The van der Waals surface area contributed by atoms with Crippen molar-refractivity contribution < 1.29 is 4.79 Å². The van der Waals surface area contributed by atoms with Crippen LogP contribution in [-0.2, 0) is 4.79 Å². The normalized spacial score (nSPS) is 15.7. The number of rotatable bonds is 5. The van der Waals surface area contributed by atoms with Crippen LogP contribution in [0.2, 0.25) is 0 Å². The number of fused-ring (bicyclic) bond motifs is 2. The molecule has 0 radical (unpaired) electrons. The molecule has 0 aliphatic carbocycles. The summed E-state index contributed by atoms with van der Waals surface area (Å²) in [6.45, 7) is 6.94. The van der Waals surface area contributed by atoms with E-state index in [9.17, 15) is 4.79 Å². The third-order valence-corrected chi connectivity index (χ3v) is 6.87. The lowest BCUT2D eigenvalue weighted by Crippen LogP contribution is -2.40. The second-order valence-electron chi connectivity index (χ2n) is 9.66. The number of hydrogen-bond donors (Lipinski definition) is 1. The zero-order chi connectivity index (χ0) is 23.1. The van der Waals surface area contributed by atoms with E-state index in [-0.39, 0.29) is 5.91 Å². The van der Waals surface area contributed by atoms with Gasteiger partial charge in [0.15, 0.2) is 5.65 Å². The second kappa shape index (κ2) is 8.63. The molecule has 172 valence electrons. The molecule has 4 heterocycles. The van der Waals surface area contributed by atoms with Gasteiger partial charge in [0, 0.05) is 37.3 Å². The van der Waals surface area contributed by atoms with E-state index in [1.54, 1.807) is 15.6 Å². The molecule has 0 spiro atoms. The Morgan fingerprint density at radius 3 is 2.70 bits per heavy atom. The van der Waals surface area contributed by atoms with Crippen LogP contribution in [0.5, 0.6) is 0 Å². The van der Waals surface area contributed by atoms with Gasteiger partial charge in [0.2, 0.25) is 5.91 Å². The highest BCUT2D eigenvalue weighted by atomic mass is 16.2. The van der Waals surface area contributed by atoms with E-state index in [0.717, 1.165) is 48.5 Å². The molecule has 0 saturated carbocycles. The second-order valence-corrected chi connectivity index (χ2v) is 9.66. The molecular formula is C26H32N6O. The van der Waals surface area contributed by atoms with Gasteiger partial charge in [0.25, 0.3) is 0 Å². The van der Waals surface area contributed by atoms with Crippen LogP contribution < -0.4 is 0 Å². The Balaban J connectivity index is 1.43. The molecule has 7 nitrogen and oxygen atoms in total. The van der Waals surface area contributed by atoms with E-state index < -0.39 is 0 Å². The molecule has 0 bridgehead atoms. The summed E-state index contributed by atoms with van der Waals surface area (Å²) in [7, 11) is 3.65. The summed E-state index contributed by atoms with van der Waals surface area (Å²) >= 11 is 0. The SMILES string of the molecule is CC(C)c1c(-c2ccn3nccc3n2)[nH]c2ccc(C3CCN(CC(=O)N(C)C)CC3)cc12.